The van der Waals surface area contributed by atoms with Crippen LogP contribution in [-0.2, 0) is 6.61 Å². The Bertz CT molecular complexity index is 714. The third-order valence-electron chi connectivity index (χ3n) is 4.94. The third-order valence-corrected chi connectivity index (χ3v) is 4.94. The smallest absolute Gasteiger partial charge is 0.0687 e. The Morgan fingerprint density at radius 1 is 0.625 bits per heavy atom. The summed E-state index contributed by atoms with van der Waals surface area (Å²) < 4.78 is 0. The van der Waals surface area contributed by atoms with Gasteiger partial charge in [0.05, 0.1) is 6.61 Å². The number of hydrogen-bond donors (Lipinski definition) is 1. The lowest BCUT2D eigenvalue weighted by atomic mass is 9.83. The van der Waals surface area contributed by atoms with Crippen molar-refractivity contribution < 1.29 is 5.11 Å². The van der Waals surface area contributed by atoms with Crippen LogP contribution in [0.4, 0.5) is 0 Å². The minimum absolute atomic E-state index is 0.0693. The fourth-order valence-electron chi connectivity index (χ4n) is 3.46. The molecule has 0 aliphatic rings. The van der Waals surface area contributed by atoms with Crippen LogP contribution in [0.3, 0.4) is 0 Å². The predicted octanol–water partition coefficient (Wildman–Crippen LogP) is 5.48. The summed E-state index contributed by atoms with van der Waals surface area (Å²) in [4.78, 5) is 0. The predicted molar refractivity (Wildman–Crippen MR) is 100 cm³/mol. The Kier molecular flexibility index (Phi) is 5.12. The molecule has 0 aliphatic carbocycles. The fraction of sp³-hybridized carbons (Fsp3) is 0.217. The van der Waals surface area contributed by atoms with Gasteiger partial charge < -0.3 is 5.11 Å². The first-order valence-corrected chi connectivity index (χ1v) is 8.54. The normalized spacial score (nSPS) is 13.5. The summed E-state index contributed by atoms with van der Waals surface area (Å²) in [7, 11) is 0. The topological polar surface area (TPSA) is 20.2 Å². The van der Waals surface area contributed by atoms with E-state index >= 15 is 0 Å². The molecule has 3 aromatic carbocycles. The van der Waals surface area contributed by atoms with Gasteiger partial charge in [0.15, 0.2) is 0 Å². The molecule has 3 aromatic rings. The Hall–Kier alpha value is -2.38. The molecule has 1 nitrogen and oxygen atoms in total. The van der Waals surface area contributed by atoms with Gasteiger partial charge in [-0.15, -0.1) is 0 Å². The number of aliphatic hydroxyl groups is 1. The zero-order chi connectivity index (χ0) is 16.9. The summed E-state index contributed by atoms with van der Waals surface area (Å²) in [5.74, 6) is 0.521. The van der Waals surface area contributed by atoms with Gasteiger partial charge in [-0.25, -0.2) is 0 Å². The van der Waals surface area contributed by atoms with Crippen LogP contribution in [0.5, 0.6) is 0 Å². The van der Waals surface area contributed by atoms with Crippen molar-refractivity contribution >= 4 is 0 Å². The lowest BCUT2D eigenvalue weighted by Crippen LogP contribution is -2.07. The van der Waals surface area contributed by atoms with E-state index in [1.807, 2.05) is 12.1 Å². The molecule has 0 fully saturated rings. The minimum atomic E-state index is 0.0693. The summed E-state index contributed by atoms with van der Waals surface area (Å²) in [6.45, 7) is 4.49. The molecule has 0 bridgehead atoms. The van der Waals surface area contributed by atoms with Crippen LogP contribution in [-0.4, -0.2) is 5.11 Å². The number of aliphatic hydroxyl groups excluding tert-OH is 1. The molecule has 0 aromatic heterocycles. The summed E-state index contributed by atoms with van der Waals surface area (Å²) >= 11 is 0. The van der Waals surface area contributed by atoms with Crippen LogP contribution in [0.2, 0.25) is 0 Å². The molecular weight excluding hydrogens is 292 g/mol. The highest BCUT2D eigenvalue weighted by atomic mass is 16.3. The lowest BCUT2D eigenvalue weighted by Gasteiger charge is -2.22. The van der Waals surface area contributed by atoms with Crippen molar-refractivity contribution in [2.45, 2.75) is 32.3 Å². The van der Waals surface area contributed by atoms with Gasteiger partial charge in [0, 0.05) is 11.8 Å². The second kappa shape index (κ2) is 7.46. The van der Waals surface area contributed by atoms with Gasteiger partial charge in [-0.05, 0) is 27.8 Å². The summed E-state index contributed by atoms with van der Waals surface area (Å²) in [5, 5.41) is 10.1. The first-order valence-electron chi connectivity index (χ1n) is 8.54. The molecule has 0 radical (unpaired) electrons. The van der Waals surface area contributed by atoms with Crippen LogP contribution in [0, 0.1) is 0 Å². The average Bonchev–Trinajstić information content (AvgIpc) is 2.67. The van der Waals surface area contributed by atoms with Crippen LogP contribution < -0.4 is 0 Å². The summed E-state index contributed by atoms with van der Waals surface area (Å²) in [6, 6.07) is 27.4. The third kappa shape index (κ3) is 3.27. The van der Waals surface area contributed by atoms with Crippen LogP contribution in [0.1, 0.15) is 53.5 Å². The van der Waals surface area contributed by atoms with Crippen LogP contribution >= 0.6 is 0 Å². The largest absolute Gasteiger partial charge is 0.392 e. The highest BCUT2D eigenvalue weighted by molar-refractivity contribution is 5.45. The maximum atomic E-state index is 10.1. The highest BCUT2D eigenvalue weighted by Gasteiger charge is 2.18. The summed E-state index contributed by atoms with van der Waals surface area (Å²) in [5.41, 5.74) is 6.03. The second-order valence-electron chi connectivity index (χ2n) is 6.34. The number of benzene rings is 3. The fourth-order valence-corrected chi connectivity index (χ4v) is 3.46. The monoisotopic (exact) mass is 316 g/mol. The van der Waals surface area contributed by atoms with E-state index in [0.717, 1.165) is 5.56 Å². The van der Waals surface area contributed by atoms with Crippen molar-refractivity contribution in [1.29, 1.82) is 0 Å². The van der Waals surface area contributed by atoms with E-state index in [4.69, 9.17) is 0 Å². The van der Waals surface area contributed by atoms with Crippen molar-refractivity contribution in [2.24, 2.45) is 0 Å². The molecule has 0 spiro atoms. The molecule has 2 unspecified atom stereocenters. The Labute approximate surface area is 144 Å². The van der Waals surface area contributed by atoms with E-state index < -0.39 is 0 Å². The standard InChI is InChI=1S/C23H24O/c1-17(19-10-5-3-6-11-19)21-14-9-15-22(23(21)16-24)18(2)20-12-7-4-8-13-20/h3-15,17-18,24H,16H2,1-2H3. The molecule has 2 atom stereocenters. The van der Waals surface area contributed by atoms with E-state index in [-0.39, 0.29) is 18.4 Å². The Morgan fingerprint density at radius 3 is 1.42 bits per heavy atom. The first kappa shape index (κ1) is 16.5. The molecular formula is C23H24O. The molecule has 0 saturated heterocycles. The number of rotatable bonds is 5. The maximum Gasteiger partial charge on any atom is 0.0687 e. The zero-order valence-electron chi connectivity index (χ0n) is 14.3. The van der Waals surface area contributed by atoms with Crippen molar-refractivity contribution in [3.05, 3.63) is 107 Å². The highest BCUT2D eigenvalue weighted by Crippen LogP contribution is 2.34. The minimum Gasteiger partial charge on any atom is -0.392 e. The van der Waals surface area contributed by atoms with Crippen molar-refractivity contribution in [3.8, 4) is 0 Å². The van der Waals surface area contributed by atoms with E-state index in [9.17, 15) is 5.11 Å². The van der Waals surface area contributed by atoms with Gasteiger partial charge in [-0.2, -0.15) is 0 Å². The molecule has 1 heteroatoms. The molecule has 24 heavy (non-hydrogen) atoms. The van der Waals surface area contributed by atoms with Gasteiger partial charge in [0.1, 0.15) is 0 Å². The van der Waals surface area contributed by atoms with Crippen molar-refractivity contribution in [3.63, 3.8) is 0 Å². The first-order chi connectivity index (χ1) is 11.7. The second-order valence-corrected chi connectivity index (χ2v) is 6.34. The molecule has 1 N–H and O–H groups in total. The van der Waals surface area contributed by atoms with Crippen LogP contribution in [0.15, 0.2) is 78.9 Å². The van der Waals surface area contributed by atoms with E-state index in [2.05, 4.69) is 80.6 Å². The van der Waals surface area contributed by atoms with Gasteiger partial charge in [0.2, 0.25) is 0 Å². The van der Waals surface area contributed by atoms with Gasteiger partial charge >= 0.3 is 0 Å². The van der Waals surface area contributed by atoms with Gasteiger partial charge in [0.25, 0.3) is 0 Å². The molecule has 0 heterocycles. The van der Waals surface area contributed by atoms with Gasteiger partial charge in [-0.1, -0.05) is 92.7 Å². The average molecular weight is 316 g/mol. The molecule has 3 rings (SSSR count). The molecule has 122 valence electrons. The quantitative estimate of drug-likeness (QED) is 0.660. The van der Waals surface area contributed by atoms with E-state index in [0.29, 0.717) is 0 Å². The van der Waals surface area contributed by atoms with Crippen molar-refractivity contribution in [2.75, 3.05) is 0 Å². The maximum absolute atomic E-state index is 10.1. The van der Waals surface area contributed by atoms with E-state index in [1.54, 1.807) is 0 Å². The lowest BCUT2D eigenvalue weighted by molar-refractivity contribution is 0.278. The van der Waals surface area contributed by atoms with Crippen molar-refractivity contribution in [1.82, 2.24) is 0 Å². The Morgan fingerprint density at radius 2 is 1.04 bits per heavy atom. The summed E-state index contributed by atoms with van der Waals surface area (Å²) in [6.07, 6.45) is 0. The van der Waals surface area contributed by atoms with Crippen LogP contribution in [0.25, 0.3) is 0 Å². The molecule has 0 saturated carbocycles. The molecule has 0 amide bonds. The number of hydrogen-bond acceptors (Lipinski definition) is 1. The SMILES string of the molecule is CC(c1ccccc1)c1cccc(C(C)c2ccccc2)c1CO. The molecule has 0 aliphatic heterocycles. The van der Waals surface area contributed by atoms with E-state index in [1.165, 1.54) is 22.3 Å². The zero-order valence-corrected chi connectivity index (χ0v) is 14.3. The van der Waals surface area contributed by atoms with Gasteiger partial charge in [-0.3, -0.25) is 0 Å². The Balaban J connectivity index is 2.04.